The third-order valence-electron chi connectivity index (χ3n) is 8.99. The van der Waals surface area contributed by atoms with E-state index in [0.29, 0.717) is 55.5 Å². The zero-order valence-electron chi connectivity index (χ0n) is 26.2. The summed E-state index contributed by atoms with van der Waals surface area (Å²) in [6.07, 6.45) is 1.08. The minimum absolute atomic E-state index is 0.296. The maximum Gasteiger partial charge on any atom is 0.573 e. The molecule has 1 N–H and O–H groups in total. The summed E-state index contributed by atoms with van der Waals surface area (Å²) in [4.78, 5) is 34.5. The Morgan fingerprint density at radius 3 is 2.33 bits per heavy atom. The number of rotatable bonds is 10. The molecule has 0 unspecified atom stereocenters. The second kappa shape index (κ2) is 14.1. The van der Waals surface area contributed by atoms with Crippen molar-refractivity contribution in [3.8, 4) is 16.9 Å². The Kier molecular flexibility index (Phi) is 10.2. The molecule has 2 saturated heterocycles. The number of methoxy groups -OCH3 is 2. The summed E-state index contributed by atoms with van der Waals surface area (Å²) in [5.41, 5.74) is 2.83. The zero-order chi connectivity index (χ0) is 32.9. The molecule has 46 heavy (non-hydrogen) atoms. The molecular weight excluding hydrogens is 601 g/mol. The van der Waals surface area contributed by atoms with Gasteiger partial charge in [0.1, 0.15) is 11.6 Å². The monoisotopic (exact) mass is 640 g/mol. The second-order valence-electron chi connectivity index (χ2n) is 11.7. The van der Waals surface area contributed by atoms with Gasteiger partial charge in [-0.05, 0) is 79.4 Å². The first-order valence-corrected chi connectivity index (χ1v) is 15.4. The van der Waals surface area contributed by atoms with Gasteiger partial charge in [-0.25, -0.2) is 9.78 Å². The van der Waals surface area contributed by atoms with Gasteiger partial charge in [0.25, 0.3) is 5.91 Å². The van der Waals surface area contributed by atoms with E-state index in [1.165, 1.54) is 26.4 Å². The molecule has 0 saturated carbocycles. The van der Waals surface area contributed by atoms with Crippen LogP contribution in [0.15, 0.2) is 60.8 Å². The van der Waals surface area contributed by atoms with Crippen LogP contribution in [0.5, 0.6) is 5.75 Å². The van der Waals surface area contributed by atoms with Crippen molar-refractivity contribution in [2.45, 2.75) is 63.6 Å². The molecule has 2 fully saturated rings. The highest BCUT2D eigenvalue weighted by Gasteiger charge is 2.43. The fourth-order valence-corrected chi connectivity index (χ4v) is 6.39. The average molecular weight is 641 g/mol. The SMILES string of the molecule is CC[C@@H]1CCCN1Cc1cc(NC(=O)c2ccc(N3CCC(OC)(C(=O)OC)CC3)cc2)ncc1-c1ccc(OC(F)(F)F)cc1. The fraction of sp³-hybridized carbons (Fsp3) is 0.441. The molecule has 246 valence electrons. The van der Waals surface area contributed by atoms with Crippen LogP contribution in [0.3, 0.4) is 0 Å². The molecule has 3 heterocycles. The van der Waals surface area contributed by atoms with E-state index < -0.39 is 12.0 Å². The van der Waals surface area contributed by atoms with Crippen molar-refractivity contribution in [1.29, 1.82) is 0 Å². The lowest BCUT2D eigenvalue weighted by molar-refractivity contribution is -0.274. The number of hydrogen-bond donors (Lipinski definition) is 1. The minimum Gasteiger partial charge on any atom is -0.467 e. The second-order valence-corrected chi connectivity index (χ2v) is 11.7. The number of carbonyl (C=O) groups is 2. The van der Waals surface area contributed by atoms with Gasteiger partial charge < -0.3 is 24.4 Å². The molecule has 2 aliphatic rings. The standard InChI is InChI=1S/C34H39F3N4O5/c1-4-26-6-5-17-41(26)22-25-20-30(38-21-29(25)23-9-13-28(14-10-23)46-34(35,36)37)39-31(42)24-7-11-27(12-8-24)40-18-15-33(45-3,16-19-40)32(43)44-2/h7-14,20-21,26H,4-6,15-19,22H2,1-3H3,(H,38,39,42)/t26-/m1/s1. The number of alkyl halides is 3. The van der Waals surface area contributed by atoms with Gasteiger partial charge in [0.2, 0.25) is 0 Å². The predicted molar refractivity (Wildman–Crippen MR) is 168 cm³/mol. The van der Waals surface area contributed by atoms with Crippen LogP contribution < -0.4 is 15.0 Å². The van der Waals surface area contributed by atoms with E-state index in [2.05, 4.69) is 31.8 Å². The van der Waals surface area contributed by atoms with Crippen LogP contribution in [0, 0.1) is 0 Å². The minimum atomic E-state index is -4.77. The maximum atomic E-state index is 13.2. The molecule has 0 radical (unpaired) electrons. The number of likely N-dealkylation sites (tertiary alicyclic amines) is 1. The highest BCUT2D eigenvalue weighted by molar-refractivity contribution is 6.04. The number of amides is 1. The topological polar surface area (TPSA) is 93.2 Å². The molecular formula is C34H39F3N4O5. The number of carbonyl (C=O) groups excluding carboxylic acids is 2. The van der Waals surface area contributed by atoms with Crippen molar-refractivity contribution in [3.63, 3.8) is 0 Å². The van der Waals surface area contributed by atoms with Gasteiger partial charge >= 0.3 is 12.3 Å². The van der Waals surface area contributed by atoms with E-state index in [-0.39, 0.29) is 17.6 Å². The van der Waals surface area contributed by atoms with Crippen LogP contribution in [-0.4, -0.2) is 73.6 Å². The lowest BCUT2D eigenvalue weighted by atomic mass is 9.91. The number of anilines is 2. The van der Waals surface area contributed by atoms with Crippen molar-refractivity contribution < 1.29 is 37.0 Å². The molecule has 1 aromatic heterocycles. The van der Waals surface area contributed by atoms with Gasteiger partial charge in [0, 0.05) is 68.6 Å². The van der Waals surface area contributed by atoms with Crippen LogP contribution in [0.4, 0.5) is 24.7 Å². The van der Waals surface area contributed by atoms with Crippen molar-refractivity contribution in [2.24, 2.45) is 0 Å². The number of benzene rings is 2. The molecule has 0 aliphatic carbocycles. The van der Waals surface area contributed by atoms with Gasteiger partial charge in [-0.15, -0.1) is 13.2 Å². The molecule has 5 rings (SSSR count). The van der Waals surface area contributed by atoms with E-state index in [1.54, 1.807) is 30.5 Å². The molecule has 2 aromatic carbocycles. The maximum absolute atomic E-state index is 13.2. The first-order chi connectivity index (χ1) is 22.0. The fourth-order valence-electron chi connectivity index (χ4n) is 6.39. The summed E-state index contributed by atoms with van der Waals surface area (Å²) >= 11 is 0. The lowest BCUT2D eigenvalue weighted by Gasteiger charge is -2.39. The summed E-state index contributed by atoms with van der Waals surface area (Å²) in [6.45, 7) is 4.92. The van der Waals surface area contributed by atoms with E-state index in [4.69, 9.17) is 9.47 Å². The Morgan fingerprint density at radius 1 is 1.02 bits per heavy atom. The summed E-state index contributed by atoms with van der Waals surface area (Å²) in [5.74, 6) is -0.602. The molecule has 0 spiro atoms. The van der Waals surface area contributed by atoms with Crippen molar-refractivity contribution in [1.82, 2.24) is 9.88 Å². The predicted octanol–water partition coefficient (Wildman–Crippen LogP) is 6.43. The lowest BCUT2D eigenvalue weighted by Crippen LogP contribution is -2.51. The van der Waals surface area contributed by atoms with Gasteiger partial charge in [0.15, 0.2) is 5.60 Å². The summed E-state index contributed by atoms with van der Waals surface area (Å²) in [7, 11) is 2.88. The number of pyridine rings is 1. The smallest absolute Gasteiger partial charge is 0.467 e. The molecule has 0 bridgehead atoms. The number of aromatic nitrogens is 1. The number of halogens is 3. The molecule has 1 amide bonds. The normalized spacial score (nSPS) is 18.3. The number of ether oxygens (including phenoxy) is 3. The van der Waals surface area contributed by atoms with Crippen LogP contribution in [-0.2, 0) is 20.8 Å². The summed E-state index contributed by atoms with van der Waals surface area (Å²) < 4.78 is 52.6. The first-order valence-electron chi connectivity index (χ1n) is 15.4. The van der Waals surface area contributed by atoms with Crippen LogP contribution in [0.1, 0.15) is 54.9 Å². The van der Waals surface area contributed by atoms with Gasteiger partial charge in [-0.2, -0.15) is 0 Å². The summed E-state index contributed by atoms with van der Waals surface area (Å²) in [6, 6.07) is 15.2. The number of hydrogen-bond acceptors (Lipinski definition) is 8. The number of esters is 1. The third kappa shape index (κ3) is 7.61. The van der Waals surface area contributed by atoms with Crippen LogP contribution in [0.25, 0.3) is 11.1 Å². The highest BCUT2D eigenvalue weighted by Crippen LogP contribution is 2.33. The molecule has 9 nitrogen and oxygen atoms in total. The van der Waals surface area contributed by atoms with E-state index >= 15 is 0 Å². The number of nitrogens with zero attached hydrogens (tertiary/aromatic N) is 3. The molecule has 3 aromatic rings. The van der Waals surface area contributed by atoms with Gasteiger partial charge in [-0.1, -0.05) is 19.1 Å². The van der Waals surface area contributed by atoms with E-state index in [1.807, 2.05) is 18.2 Å². The van der Waals surface area contributed by atoms with Crippen molar-refractivity contribution >= 4 is 23.4 Å². The Balaban J connectivity index is 1.31. The Morgan fingerprint density at radius 2 is 1.72 bits per heavy atom. The zero-order valence-corrected chi connectivity index (χ0v) is 26.2. The van der Waals surface area contributed by atoms with Crippen molar-refractivity contribution in [3.05, 3.63) is 71.9 Å². The number of piperidine rings is 1. The Labute approximate surface area is 266 Å². The third-order valence-corrected chi connectivity index (χ3v) is 8.99. The first kappa shape index (κ1) is 33.2. The molecule has 12 heteroatoms. The largest absolute Gasteiger partial charge is 0.573 e. The molecule has 2 aliphatic heterocycles. The quantitative estimate of drug-likeness (QED) is 0.254. The molecule has 1 atom stereocenters. The van der Waals surface area contributed by atoms with Crippen LogP contribution >= 0.6 is 0 Å². The van der Waals surface area contributed by atoms with Gasteiger partial charge in [-0.3, -0.25) is 9.69 Å². The average Bonchev–Trinajstić information content (AvgIpc) is 3.51. The van der Waals surface area contributed by atoms with Crippen molar-refractivity contribution in [2.75, 3.05) is 44.1 Å². The van der Waals surface area contributed by atoms with E-state index in [0.717, 1.165) is 42.6 Å². The Hall–Kier alpha value is -4.16. The summed E-state index contributed by atoms with van der Waals surface area (Å²) in [5, 5.41) is 2.90. The van der Waals surface area contributed by atoms with Gasteiger partial charge in [0.05, 0.1) is 7.11 Å². The van der Waals surface area contributed by atoms with E-state index in [9.17, 15) is 22.8 Å². The Bertz CT molecular complexity index is 1510. The van der Waals surface area contributed by atoms with Crippen LogP contribution in [0.2, 0.25) is 0 Å². The number of nitrogens with one attached hydrogen (secondary N) is 1. The highest BCUT2D eigenvalue weighted by atomic mass is 19.4.